The Labute approximate surface area is 103 Å². The van der Waals surface area contributed by atoms with Crippen LogP contribution in [-0.4, -0.2) is 5.97 Å². The summed E-state index contributed by atoms with van der Waals surface area (Å²) in [6, 6.07) is 10.1. The normalized spacial score (nSPS) is 18.6. The molecule has 0 bridgehead atoms. The second-order valence-electron chi connectivity index (χ2n) is 4.84. The van der Waals surface area contributed by atoms with E-state index in [1.54, 1.807) is 0 Å². The molecule has 1 aliphatic rings. The third-order valence-electron chi connectivity index (χ3n) is 3.50. The number of ether oxygens (including phenoxy) is 1. The number of hydrogen-bond acceptors (Lipinski definition) is 2. The van der Waals surface area contributed by atoms with E-state index < -0.39 is 0 Å². The lowest BCUT2D eigenvalue weighted by molar-refractivity contribution is -0.150. The van der Waals surface area contributed by atoms with Gasteiger partial charge in [0.1, 0.15) is 6.10 Å². The van der Waals surface area contributed by atoms with Crippen molar-refractivity contribution in [2.45, 2.75) is 45.1 Å². The Balaban J connectivity index is 2.15. The van der Waals surface area contributed by atoms with Crippen LogP contribution in [0.15, 0.2) is 30.3 Å². The molecular formula is C15H20O2. The minimum atomic E-state index is -0.176. The first-order valence-electron chi connectivity index (χ1n) is 6.49. The molecular weight excluding hydrogens is 212 g/mol. The van der Waals surface area contributed by atoms with E-state index >= 15 is 0 Å². The van der Waals surface area contributed by atoms with E-state index in [1.807, 2.05) is 18.2 Å². The van der Waals surface area contributed by atoms with Crippen molar-refractivity contribution in [2.24, 2.45) is 5.92 Å². The van der Waals surface area contributed by atoms with Crippen LogP contribution >= 0.6 is 0 Å². The standard InChI is InChI=1S/C15H20O2/c1-12(16)17-15(13-8-4-2-5-9-13)14-10-6-3-7-11-14/h2,4-5,8-9,14-15H,3,6-7,10-11H2,1H3/t15-/m0/s1. The van der Waals surface area contributed by atoms with Gasteiger partial charge in [-0.15, -0.1) is 0 Å². The van der Waals surface area contributed by atoms with Crippen molar-refractivity contribution < 1.29 is 9.53 Å². The molecule has 0 saturated heterocycles. The summed E-state index contributed by atoms with van der Waals surface area (Å²) >= 11 is 0. The minimum absolute atomic E-state index is 0.0472. The fraction of sp³-hybridized carbons (Fsp3) is 0.533. The SMILES string of the molecule is CC(=O)O[C@@H](c1ccccc1)C1CCCCC1. The van der Waals surface area contributed by atoms with Gasteiger partial charge < -0.3 is 4.74 Å². The van der Waals surface area contributed by atoms with Crippen LogP contribution in [0.25, 0.3) is 0 Å². The van der Waals surface area contributed by atoms with Crippen LogP contribution in [-0.2, 0) is 9.53 Å². The van der Waals surface area contributed by atoms with Crippen molar-refractivity contribution in [1.82, 2.24) is 0 Å². The first-order chi connectivity index (χ1) is 8.27. The molecule has 0 radical (unpaired) electrons. The highest BCUT2D eigenvalue weighted by molar-refractivity contribution is 5.66. The van der Waals surface area contributed by atoms with Gasteiger partial charge in [0.25, 0.3) is 0 Å². The van der Waals surface area contributed by atoms with E-state index in [-0.39, 0.29) is 12.1 Å². The van der Waals surface area contributed by atoms with E-state index in [0.717, 1.165) is 5.56 Å². The smallest absolute Gasteiger partial charge is 0.303 e. The molecule has 92 valence electrons. The Morgan fingerprint density at radius 2 is 1.82 bits per heavy atom. The van der Waals surface area contributed by atoms with E-state index in [4.69, 9.17) is 4.74 Å². The van der Waals surface area contributed by atoms with Crippen molar-refractivity contribution in [3.63, 3.8) is 0 Å². The average Bonchev–Trinajstić information content (AvgIpc) is 2.38. The molecule has 0 heterocycles. The van der Waals surface area contributed by atoms with Gasteiger partial charge >= 0.3 is 5.97 Å². The zero-order valence-corrected chi connectivity index (χ0v) is 10.4. The van der Waals surface area contributed by atoms with Crippen LogP contribution < -0.4 is 0 Å². The van der Waals surface area contributed by atoms with E-state index in [1.165, 1.54) is 39.0 Å². The van der Waals surface area contributed by atoms with Gasteiger partial charge in [-0.3, -0.25) is 4.79 Å². The second kappa shape index (κ2) is 5.85. The number of carbonyl (C=O) groups excluding carboxylic acids is 1. The maximum absolute atomic E-state index is 11.2. The zero-order valence-electron chi connectivity index (χ0n) is 10.4. The fourth-order valence-electron chi connectivity index (χ4n) is 2.69. The Morgan fingerprint density at radius 3 is 2.41 bits per heavy atom. The van der Waals surface area contributed by atoms with Gasteiger partial charge in [-0.25, -0.2) is 0 Å². The van der Waals surface area contributed by atoms with Gasteiger partial charge in [0.15, 0.2) is 0 Å². The summed E-state index contributed by atoms with van der Waals surface area (Å²) in [7, 11) is 0. The maximum atomic E-state index is 11.2. The summed E-state index contributed by atoms with van der Waals surface area (Å²) in [5.74, 6) is 0.319. The van der Waals surface area contributed by atoms with Crippen molar-refractivity contribution in [1.29, 1.82) is 0 Å². The molecule has 1 aromatic rings. The molecule has 0 unspecified atom stereocenters. The molecule has 1 fully saturated rings. The average molecular weight is 232 g/mol. The summed E-state index contributed by atoms with van der Waals surface area (Å²) in [5.41, 5.74) is 1.13. The highest BCUT2D eigenvalue weighted by Crippen LogP contribution is 2.36. The topological polar surface area (TPSA) is 26.3 Å². The molecule has 2 rings (SSSR count). The fourth-order valence-corrected chi connectivity index (χ4v) is 2.69. The molecule has 1 aromatic carbocycles. The van der Waals surface area contributed by atoms with Crippen molar-refractivity contribution in [3.8, 4) is 0 Å². The lowest BCUT2D eigenvalue weighted by atomic mass is 9.82. The number of rotatable bonds is 3. The van der Waals surface area contributed by atoms with Gasteiger partial charge in [-0.2, -0.15) is 0 Å². The molecule has 0 aliphatic heterocycles. The Kier molecular flexibility index (Phi) is 4.18. The van der Waals surface area contributed by atoms with Crippen LogP contribution in [0.4, 0.5) is 0 Å². The number of carbonyl (C=O) groups is 1. The van der Waals surface area contributed by atoms with Gasteiger partial charge in [0, 0.05) is 12.8 Å². The highest BCUT2D eigenvalue weighted by Gasteiger charge is 2.27. The van der Waals surface area contributed by atoms with Crippen LogP contribution in [0, 0.1) is 5.92 Å². The quantitative estimate of drug-likeness (QED) is 0.739. The molecule has 2 nitrogen and oxygen atoms in total. The van der Waals surface area contributed by atoms with Gasteiger partial charge in [-0.1, -0.05) is 49.6 Å². The van der Waals surface area contributed by atoms with Crippen LogP contribution in [0.5, 0.6) is 0 Å². The first-order valence-corrected chi connectivity index (χ1v) is 6.49. The lowest BCUT2D eigenvalue weighted by Gasteiger charge is -2.30. The Morgan fingerprint density at radius 1 is 1.18 bits per heavy atom. The van der Waals surface area contributed by atoms with Crippen molar-refractivity contribution in [2.75, 3.05) is 0 Å². The minimum Gasteiger partial charge on any atom is -0.457 e. The van der Waals surface area contributed by atoms with Crippen LogP contribution in [0.2, 0.25) is 0 Å². The molecule has 17 heavy (non-hydrogen) atoms. The third kappa shape index (κ3) is 3.32. The molecule has 2 heteroatoms. The third-order valence-corrected chi connectivity index (χ3v) is 3.50. The first kappa shape index (κ1) is 12.2. The van der Waals surface area contributed by atoms with Crippen molar-refractivity contribution in [3.05, 3.63) is 35.9 Å². The predicted octanol–water partition coefficient (Wildman–Crippen LogP) is 3.87. The Hall–Kier alpha value is -1.31. The summed E-state index contributed by atoms with van der Waals surface area (Å²) in [5, 5.41) is 0. The summed E-state index contributed by atoms with van der Waals surface area (Å²) in [6.07, 6.45) is 6.14. The van der Waals surface area contributed by atoms with Crippen LogP contribution in [0.1, 0.15) is 50.7 Å². The maximum Gasteiger partial charge on any atom is 0.303 e. The van der Waals surface area contributed by atoms with Crippen molar-refractivity contribution >= 4 is 5.97 Å². The van der Waals surface area contributed by atoms with E-state index in [0.29, 0.717) is 5.92 Å². The summed E-state index contributed by atoms with van der Waals surface area (Å²) < 4.78 is 5.54. The molecule has 1 atom stereocenters. The molecule has 0 aromatic heterocycles. The molecule has 0 amide bonds. The van der Waals surface area contributed by atoms with Gasteiger partial charge in [0.05, 0.1) is 0 Å². The molecule has 0 N–H and O–H groups in total. The van der Waals surface area contributed by atoms with Crippen LogP contribution in [0.3, 0.4) is 0 Å². The molecule has 1 aliphatic carbocycles. The molecule has 0 spiro atoms. The van der Waals surface area contributed by atoms with E-state index in [2.05, 4.69) is 12.1 Å². The number of benzene rings is 1. The highest BCUT2D eigenvalue weighted by atomic mass is 16.5. The van der Waals surface area contributed by atoms with Gasteiger partial charge in [-0.05, 0) is 18.4 Å². The second-order valence-corrected chi connectivity index (χ2v) is 4.84. The summed E-state index contributed by atoms with van der Waals surface area (Å²) in [6.45, 7) is 1.50. The number of hydrogen-bond donors (Lipinski definition) is 0. The predicted molar refractivity (Wildman–Crippen MR) is 67.5 cm³/mol. The lowest BCUT2D eigenvalue weighted by Crippen LogP contribution is -2.20. The Bertz CT molecular complexity index is 352. The monoisotopic (exact) mass is 232 g/mol. The number of esters is 1. The molecule has 1 saturated carbocycles. The zero-order chi connectivity index (χ0) is 12.1. The van der Waals surface area contributed by atoms with Gasteiger partial charge in [0.2, 0.25) is 0 Å². The summed E-state index contributed by atoms with van der Waals surface area (Å²) in [4.78, 5) is 11.2. The van der Waals surface area contributed by atoms with E-state index in [9.17, 15) is 4.79 Å². The largest absolute Gasteiger partial charge is 0.457 e.